The molecule has 2 heterocycles. The predicted octanol–water partition coefficient (Wildman–Crippen LogP) is 2.37. The number of rotatable bonds is 4. The number of aromatic nitrogens is 3. The molecule has 2 aromatic heterocycles. The van der Waals surface area contributed by atoms with Gasteiger partial charge in [-0.3, -0.25) is 9.48 Å². The Morgan fingerprint density at radius 1 is 1.39 bits per heavy atom. The summed E-state index contributed by atoms with van der Waals surface area (Å²) in [5.74, 6) is -1.22. The number of hydrogen-bond donors (Lipinski definition) is 3. The zero-order chi connectivity index (χ0) is 20.5. The Bertz CT molecular complexity index is 903. The van der Waals surface area contributed by atoms with Crippen molar-refractivity contribution >= 4 is 17.4 Å². The molecule has 1 amide bonds. The maximum atomic E-state index is 12.6. The molecule has 2 aromatic rings. The first kappa shape index (κ1) is 19.6. The maximum absolute atomic E-state index is 12.6. The topological polar surface area (TPSA) is 130 Å². The first-order valence-corrected chi connectivity index (χ1v) is 8.46. The van der Waals surface area contributed by atoms with Crippen LogP contribution < -0.4 is 11.1 Å². The molecular weight excluding hydrogens is 377 g/mol. The van der Waals surface area contributed by atoms with E-state index in [0.717, 1.165) is 18.3 Å². The molecule has 0 radical (unpaired) electrons. The van der Waals surface area contributed by atoms with Gasteiger partial charge in [-0.2, -0.15) is 23.5 Å². The van der Waals surface area contributed by atoms with E-state index in [-0.39, 0.29) is 23.1 Å². The normalized spacial score (nSPS) is 22.5. The molecule has 0 spiro atoms. The van der Waals surface area contributed by atoms with Crippen molar-refractivity contribution in [3.8, 4) is 6.07 Å². The minimum Gasteiger partial charge on any atom is -0.393 e. The second-order valence-electron chi connectivity index (χ2n) is 6.56. The molecule has 4 N–H and O–H groups in total. The number of nitrogens with zero attached hydrogens (tertiary/aromatic N) is 4. The fourth-order valence-electron chi connectivity index (χ4n) is 3.19. The van der Waals surface area contributed by atoms with Gasteiger partial charge in [0.2, 0.25) is 0 Å². The summed E-state index contributed by atoms with van der Waals surface area (Å²) in [7, 11) is 0. The van der Waals surface area contributed by atoms with Crippen LogP contribution in [-0.4, -0.2) is 31.9 Å². The third-order valence-corrected chi connectivity index (χ3v) is 4.61. The third-order valence-electron chi connectivity index (χ3n) is 4.61. The molecule has 148 valence electrons. The lowest BCUT2D eigenvalue weighted by Gasteiger charge is -2.30. The summed E-state index contributed by atoms with van der Waals surface area (Å²) in [4.78, 5) is 15.1. The van der Waals surface area contributed by atoms with Crippen LogP contribution in [0.15, 0.2) is 24.5 Å². The van der Waals surface area contributed by atoms with Gasteiger partial charge in [-0.05, 0) is 31.4 Å². The van der Waals surface area contributed by atoms with E-state index in [0.29, 0.717) is 19.3 Å². The predicted molar refractivity (Wildman–Crippen MR) is 91.3 cm³/mol. The minimum absolute atomic E-state index is 0.0303. The van der Waals surface area contributed by atoms with Crippen LogP contribution in [0.1, 0.15) is 41.4 Å². The Labute approximate surface area is 157 Å². The van der Waals surface area contributed by atoms with E-state index < -0.39 is 29.8 Å². The molecule has 1 aliphatic carbocycles. The number of primary amides is 1. The summed E-state index contributed by atoms with van der Waals surface area (Å²) in [6.45, 7) is 0. The molecule has 28 heavy (non-hydrogen) atoms. The van der Waals surface area contributed by atoms with Crippen molar-refractivity contribution in [1.29, 1.82) is 5.26 Å². The number of carbonyl (C=O) groups excluding carboxylic acids is 1. The lowest BCUT2D eigenvalue weighted by molar-refractivity contribution is -0.141. The van der Waals surface area contributed by atoms with E-state index in [4.69, 9.17) is 5.73 Å². The van der Waals surface area contributed by atoms with Crippen molar-refractivity contribution in [1.82, 2.24) is 14.8 Å². The lowest BCUT2D eigenvalue weighted by Crippen LogP contribution is -2.29. The van der Waals surface area contributed by atoms with Crippen molar-refractivity contribution in [2.24, 2.45) is 11.7 Å². The summed E-state index contributed by atoms with van der Waals surface area (Å²) >= 11 is 0. The number of aliphatic hydroxyl groups excluding tert-OH is 1. The Kier molecular flexibility index (Phi) is 5.24. The largest absolute Gasteiger partial charge is 0.433 e. The van der Waals surface area contributed by atoms with Gasteiger partial charge in [0, 0.05) is 6.20 Å². The number of aliphatic hydroxyl groups is 1. The SMILES string of the molecule is N#C[C@H]1C[C@@H](O)CC[C@@H]1n1cc(C(N)=O)c(Nc2ccc(C(F)(F)F)nc2)n1. The highest BCUT2D eigenvalue weighted by atomic mass is 19.4. The van der Waals surface area contributed by atoms with E-state index in [9.17, 15) is 28.3 Å². The first-order chi connectivity index (χ1) is 13.2. The van der Waals surface area contributed by atoms with Crippen LogP contribution in [0, 0.1) is 17.2 Å². The van der Waals surface area contributed by atoms with Gasteiger partial charge in [-0.1, -0.05) is 0 Å². The Morgan fingerprint density at radius 3 is 2.71 bits per heavy atom. The molecule has 3 atom stereocenters. The number of hydrogen-bond acceptors (Lipinski definition) is 6. The molecule has 11 heteroatoms. The van der Waals surface area contributed by atoms with Gasteiger partial charge < -0.3 is 16.2 Å². The van der Waals surface area contributed by atoms with Gasteiger partial charge in [-0.15, -0.1) is 0 Å². The average molecular weight is 394 g/mol. The summed E-state index contributed by atoms with van der Waals surface area (Å²) in [5, 5.41) is 26.1. The highest BCUT2D eigenvalue weighted by molar-refractivity contribution is 5.98. The number of carbonyl (C=O) groups is 1. The van der Waals surface area contributed by atoms with Gasteiger partial charge in [-0.25, -0.2) is 4.98 Å². The Hall–Kier alpha value is -3.13. The lowest BCUT2D eigenvalue weighted by atomic mass is 9.84. The number of pyridine rings is 1. The number of halogens is 3. The second-order valence-corrected chi connectivity index (χ2v) is 6.56. The quantitative estimate of drug-likeness (QED) is 0.730. The Balaban J connectivity index is 1.87. The number of anilines is 2. The zero-order valence-electron chi connectivity index (χ0n) is 14.5. The van der Waals surface area contributed by atoms with Crippen LogP contribution >= 0.6 is 0 Å². The number of nitriles is 1. The van der Waals surface area contributed by atoms with E-state index in [1.54, 1.807) is 0 Å². The van der Waals surface area contributed by atoms with Crippen LogP contribution in [0.3, 0.4) is 0 Å². The van der Waals surface area contributed by atoms with Crippen molar-refractivity contribution in [3.05, 3.63) is 35.8 Å². The van der Waals surface area contributed by atoms with Crippen LogP contribution in [0.5, 0.6) is 0 Å². The molecule has 0 unspecified atom stereocenters. The molecule has 8 nitrogen and oxygen atoms in total. The number of alkyl halides is 3. The van der Waals surface area contributed by atoms with Gasteiger partial charge >= 0.3 is 6.18 Å². The molecule has 1 aliphatic rings. The van der Waals surface area contributed by atoms with Gasteiger partial charge in [0.25, 0.3) is 5.91 Å². The molecule has 1 saturated carbocycles. The van der Waals surface area contributed by atoms with Crippen molar-refractivity contribution in [3.63, 3.8) is 0 Å². The molecule has 3 rings (SSSR count). The fourth-order valence-corrected chi connectivity index (χ4v) is 3.19. The van der Waals surface area contributed by atoms with E-state index in [1.165, 1.54) is 10.9 Å². The standard InChI is InChI=1S/C17H17F3N6O2/c18-17(19,20)14-4-1-10(7-23-14)24-16-12(15(22)28)8-26(25-16)13-3-2-11(27)5-9(13)6-21/h1,4,7-9,11,13,27H,2-3,5H2,(H2,22,28)(H,24,25)/t9-,11+,13+/m1/s1. The summed E-state index contributed by atoms with van der Waals surface area (Å²) in [6.07, 6.45) is -1.49. The zero-order valence-corrected chi connectivity index (χ0v) is 14.5. The average Bonchev–Trinajstić information content (AvgIpc) is 3.05. The van der Waals surface area contributed by atoms with Gasteiger partial charge in [0.15, 0.2) is 5.82 Å². The van der Waals surface area contributed by atoms with Crippen LogP contribution in [-0.2, 0) is 6.18 Å². The monoisotopic (exact) mass is 394 g/mol. The van der Waals surface area contributed by atoms with Crippen LogP contribution in [0.25, 0.3) is 0 Å². The number of amides is 1. The maximum Gasteiger partial charge on any atom is 0.433 e. The molecule has 0 bridgehead atoms. The molecule has 1 fully saturated rings. The Morgan fingerprint density at radius 2 is 2.14 bits per heavy atom. The molecular formula is C17H17F3N6O2. The third kappa shape index (κ3) is 4.07. The smallest absolute Gasteiger partial charge is 0.393 e. The van der Waals surface area contributed by atoms with Crippen LogP contribution in [0.2, 0.25) is 0 Å². The summed E-state index contributed by atoms with van der Waals surface area (Å²) in [6, 6.07) is 3.75. The van der Waals surface area contributed by atoms with E-state index in [2.05, 4.69) is 21.5 Å². The fraction of sp³-hybridized carbons (Fsp3) is 0.412. The summed E-state index contributed by atoms with van der Waals surface area (Å²) < 4.78 is 39.3. The van der Waals surface area contributed by atoms with E-state index >= 15 is 0 Å². The molecule has 0 aliphatic heterocycles. The second kappa shape index (κ2) is 7.47. The number of nitrogens with two attached hydrogens (primary N) is 1. The minimum atomic E-state index is -4.56. The molecule has 0 saturated heterocycles. The molecule has 0 aromatic carbocycles. The number of nitrogens with one attached hydrogen (secondary N) is 1. The summed E-state index contributed by atoms with van der Waals surface area (Å²) in [5.41, 5.74) is 4.56. The van der Waals surface area contributed by atoms with E-state index in [1.807, 2.05) is 0 Å². The van der Waals surface area contributed by atoms with Crippen molar-refractivity contribution in [2.75, 3.05) is 5.32 Å². The van der Waals surface area contributed by atoms with Crippen molar-refractivity contribution in [2.45, 2.75) is 37.6 Å². The highest BCUT2D eigenvalue weighted by Gasteiger charge is 2.33. The highest BCUT2D eigenvalue weighted by Crippen LogP contribution is 2.35. The van der Waals surface area contributed by atoms with Crippen molar-refractivity contribution < 1.29 is 23.1 Å². The van der Waals surface area contributed by atoms with Gasteiger partial charge in [0.05, 0.1) is 36.0 Å². The van der Waals surface area contributed by atoms with Gasteiger partial charge in [0.1, 0.15) is 11.3 Å². The van der Waals surface area contributed by atoms with Crippen LogP contribution in [0.4, 0.5) is 24.7 Å². The first-order valence-electron chi connectivity index (χ1n) is 8.46.